The standard InChI is InChI=1S/C22H24N2O4/c1-14(2)23-18-9-7-6-8-17(18)21(3,4)22(23)11-10-15-12-16(24(25)26)13-19(27-5)20(15)28-22/h6-14H,1-5H3. The quantitative estimate of drug-likeness (QED) is 0.559. The van der Waals surface area contributed by atoms with Crippen LogP contribution in [0.2, 0.25) is 0 Å². The molecule has 0 aromatic heterocycles. The molecule has 1 spiro atoms. The van der Waals surface area contributed by atoms with Gasteiger partial charge < -0.3 is 14.4 Å². The van der Waals surface area contributed by atoms with Gasteiger partial charge in [-0.25, -0.2) is 0 Å². The third-order valence-corrected chi connectivity index (χ3v) is 5.85. The van der Waals surface area contributed by atoms with Crippen molar-refractivity contribution in [3.63, 3.8) is 0 Å². The van der Waals surface area contributed by atoms with Crippen molar-refractivity contribution in [1.29, 1.82) is 0 Å². The molecule has 6 heteroatoms. The minimum absolute atomic E-state index is 0.0190. The van der Waals surface area contributed by atoms with E-state index in [0.717, 1.165) is 5.69 Å². The Morgan fingerprint density at radius 2 is 1.93 bits per heavy atom. The summed E-state index contributed by atoms with van der Waals surface area (Å²) in [5.74, 6) is 0.894. The Morgan fingerprint density at radius 3 is 2.57 bits per heavy atom. The lowest BCUT2D eigenvalue weighted by atomic mass is 9.76. The van der Waals surface area contributed by atoms with Crippen molar-refractivity contribution in [2.75, 3.05) is 12.0 Å². The molecule has 0 amide bonds. The molecule has 0 saturated heterocycles. The second kappa shape index (κ2) is 5.99. The van der Waals surface area contributed by atoms with Crippen LogP contribution in [-0.4, -0.2) is 23.8 Å². The van der Waals surface area contributed by atoms with Crippen LogP contribution in [-0.2, 0) is 5.41 Å². The van der Waals surface area contributed by atoms with Crippen molar-refractivity contribution >= 4 is 17.5 Å². The number of nitrogens with zero attached hydrogens (tertiary/aromatic N) is 2. The van der Waals surface area contributed by atoms with Crippen molar-refractivity contribution in [1.82, 2.24) is 0 Å². The fourth-order valence-corrected chi connectivity index (χ4v) is 4.50. The van der Waals surface area contributed by atoms with Gasteiger partial charge in [-0.1, -0.05) is 18.2 Å². The number of para-hydroxylation sites is 1. The van der Waals surface area contributed by atoms with E-state index in [4.69, 9.17) is 9.47 Å². The number of ether oxygens (including phenoxy) is 2. The lowest BCUT2D eigenvalue weighted by Crippen LogP contribution is -2.61. The maximum absolute atomic E-state index is 11.3. The Morgan fingerprint density at radius 1 is 1.21 bits per heavy atom. The van der Waals surface area contributed by atoms with Gasteiger partial charge in [0.1, 0.15) is 0 Å². The molecule has 0 saturated carbocycles. The summed E-state index contributed by atoms with van der Waals surface area (Å²) < 4.78 is 12.2. The van der Waals surface area contributed by atoms with Crippen molar-refractivity contribution in [3.05, 3.63) is 63.7 Å². The second-order valence-electron chi connectivity index (χ2n) is 8.06. The lowest BCUT2D eigenvalue weighted by molar-refractivity contribution is -0.385. The van der Waals surface area contributed by atoms with Crippen LogP contribution in [0.3, 0.4) is 0 Å². The van der Waals surface area contributed by atoms with E-state index in [1.807, 2.05) is 24.3 Å². The molecule has 2 aliphatic heterocycles. The molecule has 6 nitrogen and oxygen atoms in total. The van der Waals surface area contributed by atoms with Gasteiger partial charge >= 0.3 is 0 Å². The van der Waals surface area contributed by atoms with Crippen molar-refractivity contribution in [3.8, 4) is 11.5 Å². The Hall–Kier alpha value is -3.02. The summed E-state index contributed by atoms with van der Waals surface area (Å²) in [4.78, 5) is 13.1. The fraction of sp³-hybridized carbons (Fsp3) is 0.364. The van der Waals surface area contributed by atoms with Crippen molar-refractivity contribution < 1.29 is 14.4 Å². The monoisotopic (exact) mass is 380 g/mol. The van der Waals surface area contributed by atoms with E-state index in [1.54, 1.807) is 0 Å². The Balaban J connectivity index is 1.94. The molecule has 146 valence electrons. The number of hydrogen-bond acceptors (Lipinski definition) is 5. The van der Waals surface area contributed by atoms with Gasteiger partial charge in [-0.05, 0) is 51.5 Å². The molecular weight excluding hydrogens is 356 g/mol. The largest absolute Gasteiger partial charge is 0.493 e. The highest BCUT2D eigenvalue weighted by Crippen LogP contribution is 2.57. The van der Waals surface area contributed by atoms with Gasteiger partial charge in [0, 0.05) is 23.4 Å². The molecular formula is C22H24N2O4. The van der Waals surface area contributed by atoms with Gasteiger partial charge in [-0.15, -0.1) is 0 Å². The predicted molar refractivity (Wildman–Crippen MR) is 109 cm³/mol. The normalized spacial score (nSPS) is 21.4. The van der Waals surface area contributed by atoms with Crippen LogP contribution >= 0.6 is 0 Å². The lowest BCUT2D eigenvalue weighted by Gasteiger charge is -2.48. The van der Waals surface area contributed by atoms with Gasteiger partial charge in [-0.3, -0.25) is 10.1 Å². The number of nitro groups is 1. The maximum atomic E-state index is 11.3. The number of anilines is 1. The smallest absolute Gasteiger partial charge is 0.274 e. The van der Waals surface area contributed by atoms with Gasteiger partial charge in [0.25, 0.3) is 5.69 Å². The Kier molecular flexibility index (Phi) is 3.93. The van der Waals surface area contributed by atoms with E-state index in [2.05, 4.69) is 44.7 Å². The van der Waals surface area contributed by atoms with Gasteiger partial charge in [-0.2, -0.15) is 0 Å². The summed E-state index contributed by atoms with van der Waals surface area (Å²) in [7, 11) is 1.50. The molecule has 0 aliphatic carbocycles. The number of benzene rings is 2. The van der Waals surface area contributed by atoms with Crippen LogP contribution in [0.1, 0.15) is 38.8 Å². The van der Waals surface area contributed by atoms with E-state index in [1.165, 1.54) is 24.8 Å². The first-order valence-electron chi connectivity index (χ1n) is 9.36. The molecule has 1 atom stereocenters. The highest BCUT2D eigenvalue weighted by Gasteiger charge is 2.59. The summed E-state index contributed by atoms with van der Waals surface area (Å²) in [6.45, 7) is 8.61. The number of fused-ring (bicyclic) bond motifs is 2. The minimum atomic E-state index is -0.763. The second-order valence-corrected chi connectivity index (χ2v) is 8.06. The van der Waals surface area contributed by atoms with Crippen molar-refractivity contribution in [2.45, 2.75) is 44.9 Å². The van der Waals surface area contributed by atoms with Crippen LogP contribution in [0.15, 0.2) is 42.5 Å². The summed E-state index contributed by atoms with van der Waals surface area (Å²) in [5, 5.41) is 11.3. The van der Waals surface area contributed by atoms with Crippen molar-refractivity contribution in [2.24, 2.45) is 0 Å². The number of methoxy groups -OCH3 is 1. The summed E-state index contributed by atoms with van der Waals surface area (Å²) in [6, 6.07) is 11.5. The van der Waals surface area contributed by atoms with Crippen LogP contribution in [0.5, 0.6) is 11.5 Å². The van der Waals surface area contributed by atoms with E-state index < -0.39 is 10.6 Å². The zero-order chi connectivity index (χ0) is 20.3. The molecule has 0 bridgehead atoms. The topological polar surface area (TPSA) is 64.8 Å². The third-order valence-electron chi connectivity index (χ3n) is 5.85. The highest BCUT2D eigenvalue weighted by atomic mass is 16.6. The van der Waals surface area contributed by atoms with Crippen LogP contribution in [0.25, 0.3) is 6.08 Å². The highest BCUT2D eigenvalue weighted by molar-refractivity contribution is 5.75. The molecule has 2 aromatic rings. The number of hydrogen-bond donors (Lipinski definition) is 0. The van der Waals surface area contributed by atoms with Crippen LogP contribution < -0.4 is 14.4 Å². The van der Waals surface area contributed by atoms with Crippen LogP contribution in [0.4, 0.5) is 11.4 Å². The minimum Gasteiger partial charge on any atom is -0.493 e. The number of nitro benzene ring substituents is 1. The van der Waals surface area contributed by atoms with E-state index in [9.17, 15) is 10.1 Å². The molecule has 0 radical (unpaired) electrons. The van der Waals surface area contributed by atoms with Gasteiger partial charge in [0.2, 0.25) is 5.72 Å². The van der Waals surface area contributed by atoms with Gasteiger partial charge in [0.15, 0.2) is 11.5 Å². The SMILES string of the molecule is COc1cc([N+](=O)[O-])cc2c1OC1(C=C2)N(C(C)C)c2ccccc2C1(C)C. The third kappa shape index (κ3) is 2.27. The average Bonchev–Trinajstić information content (AvgIpc) is 2.85. The van der Waals surface area contributed by atoms with E-state index >= 15 is 0 Å². The summed E-state index contributed by atoms with van der Waals surface area (Å²) >= 11 is 0. The zero-order valence-electron chi connectivity index (χ0n) is 16.7. The number of rotatable bonds is 3. The first kappa shape index (κ1) is 18.3. The predicted octanol–water partition coefficient (Wildman–Crippen LogP) is 4.91. The molecule has 0 fully saturated rings. The molecule has 1 unspecified atom stereocenters. The molecule has 4 rings (SSSR count). The summed E-state index contributed by atoms with van der Waals surface area (Å²) in [6.07, 6.45) is 3.94. The van der Waals surface area contributed by atoms with Crippen LogP contribution in [0, 0.1) is 10.1 Å². The Labute approximate surface area is 164 Å². The van der Waals surface area contributed by atoms with E-state index in [0.29, 0.717) is 17.1 Å². The van der Waals surface area contributed by atoms with Gasteiger partial charge in [0.05, 0.1) is 23.5 Å². The number of non-ortho nitro benzene ring substituents is 1. The zero-order valence-corrected chi connectivity index (χ0v) is 16.7. The van der Waals surface area contributed by atoms with E-state index in [-0.39, 0.29) is 17.1 Å². The fourth-order valence-electron chi connectivity index (χ4n) is 4.50. The molecule has 0 N–H and O–H groups in total. The Bertz CT molecular complexity index is 996. The maximum Gasteiger partial charge on any atom is 0.274 e. The molecule has 28 heavy (non-hydrogen) atoms. The molecule has 2 aromatic carbocycles. The molecule has 2 heterocycles. The summed E-state index contributed by atoms with van der Waals surface area (Å²) in [5.41, 5.74) is 1.85. The average molecular weight is 380 g/mol. The first-order chi connectivity index (χ1) is 13.2. The first-order valence-corrected chi connectivity index (χ1v) is 9.36. The molecule has 2 aliphatic rings.